The summed E-state index contributed by atoms with van der Waals surface area (Å²) in [7, 11) is 2.00. The Hall–Kier alpha value is -0.0800. The van der Waals surface area contributed by atoms with Crippen molar-refractivity contribution in [1.29, 1.82) is 0 Å². The fraction of sp³-hybridized carbons (Fsp3) is 1.00. The highest BCUT2D eigenvalue weighted by Gasteiger charge is 2.16. The van der Waals surface area contributed by atoms with Crippen LogP contribution in [-0.2, 0) is 4.84 Å². The Morgan fingerprint density at radius 1 is 1.40 bits per heavy atom. The number of hydrogen-bond acceptors (Lipinski definition) is 2. The molecule has 0 N–H and O–H groups in total. The first-order chi connectivity index (χ1) is 4.83. The molecule has 0 radical (unpaired) electrons. The quantitative estimate of drug-likeness (QED) is 0.559. The van der Waals surface area contributed by atoms with Gasteiger partial charge in [0.1, 0.15) is 0 Å². The summed E-state index contributed by atoms with van der Waals surface area (Å²) in [6, 6.07) is 0. The maximum Gasteiger partial charge on any atom is 0.0793 e. The lowest BCUT2D eigenvalue weighted by Gasteiger charge is -2.18. The van der Waals surface area contributed by atoms with Gasteiger partial charge in [-0.3, -0.25) is 4.84 Å². The second kappa shape index (κ2) is 3.94. The Morgan fingerprint density at radius 3 is 2.50 bits per heavy atom. The SMILES string of the molecule is CCN(C)OC1CCCC1. The van der Waals surface area contributed by atoms with Crippen molar-refractivity contribution in [3.05, 3.63) is 0 Å². The van der Waals surface area contributed by atoms with E-state index < -0.39 is 0 Å². The van der Waals surface area contributed by atoms with E-state index >= 15 is 0 Å². The fourth-order valence-electron chi connectivity index (χ4n) is 1.32. The van der Waals surface area contributed by atoms with Crippen LogP contribution >= 0.6 is 0 Å². The molecule has 0 atom stereocenters. The maximum atomic E-state index is 5.59. The molecule has 1 rings (SSSR count). The molecule has 0 aromatic carbocycles. The van der Waals surface area contributed by atoms with E-state index in [0.29, 0.717) is 6.10 Å². The third-order valence-electron chi connectivity index (χ3n) is 2.08. The molecule has 0 aromatic rings. The summed E-state index contributed by atoms with van der Waals surface area (Å²) in [5.41, 5.74) is 0. The number of hydrogen-bond donors (Lipinski definition) is 0. The van der Waals surface area contributed by atoms with E-state index in [1.165, 1.54) is 25.7 Å². The van der Waals surface area contributed by atoms with Crippen molar-refractivity contribution >= 4 is 0 Å². The lowest BCUT2D eigenvalue weighted by atomic mass is 10.3. The van der Waals surface area contributed by atoms with Crippen LogP contribution in [0.5, 0.6) is 0 Å². The lowest BCUT2D eigenvalue weighted by molar-refractivity contribution is -0.175. The van der Waals surface area contributed by atoms with Gasteiger partial charge in [0.15, 0.2) is 0 Å². The summed E-state index contributed by atoms with van der Waals surface area (Å²) in [4.78, 5) is 5.59. The average Bonchev–Trinajstić information content (AvgIpc) is 2.40. The van der Waals surface area contributed by atoms with E-state index in [9.17, 15) is 0 Å². The molecule has 0 unspecified atom stereocenters. The van der Waals surface area contributed by atoms with Crippen molar-refractivity contribution in [3.63, 3.8) is 0 Å². The van der Waals surface area contributed by atoms with E-state index in [1.54, 1.807) is 0 Å². The zero-order chi connectivity index (χ0) is 7.40. The Bertz CT molecular complexity index is 89.3. The minimum Gasteiger partial charge on any atom is -0.296 e. The molecule has 0 spiro atoms. The molecule has 0 bridgehead atoms. The summed E-state index contributed by atoms with van der Waals surface area (Å²) in [6.45, 7) is 3.09. The minimum absolute atomic E-state index is 0.518. The minimum atomic E-state index is 0.518. The monoisotopic (exact) mass is 143 g/mol. The van der Waals surface area contributed by atoms with Gasteiger partial charge in [-0.1, -0.05) is 19.8 Å². The van der Waals surface area contributed by atoms with E-state index in [2.05, 4.69) is 6.92 Å². The van der Waals surface area contributed by atoms with Crippen molar-refractivity contribution in [3.8, 4) is 0 Å². The van der Waals surface area contributed by atoms with Gasteiger partial charge in [0, 0.05) is 13.6 Å². The van der Waals surface area contributed by atoms with Crippen LogP contribution in [0.25, 0.3) is 0 Å². The highest BCUT2D eigenvalue weighted by molar-refractivity contribution is 4.65. The van der Waals surface area contributed by atoms with Gasteiger partial charge in [0.05, 0.1) is 6.10 Å². The van der Waals surface area contributed by atoms with E-state index in [0.717, 1.165) is 6.54 Å². The Balaban J connectivity index is 2.11. The Kier molecular flexibility index (Phi) is 3.16. The summed E-state index contributed by atoms with van der Waals surface area (Å²) in [6.07, 6.45) is 5.73. The first kappa shape index (κ1) is 8.02. The molecule has 10 heavy (non-hydrogen) atoms. The molecule has 2 heteroatoms. The van der Waals surface area contributed by atoms with Gasteiger partial charge in [-0.05, 0) is 12.8 Å². The van der Waals surface area contributed by atoms with Crippen LogP contribution in [0.15, 0.2) is 0 Å². The first-order valence-corrected chi connectivity index (χ1v) is 4.21. The summed E-state index contributed by atoms with van der Waals surface area (Å²) in [5, 5.41) is 1.93. The van der Waals surface area contributed by atoms with Gasteiger partial charge in [0.25, 0.3) is 0 Å². The Labute approximate surface area is 63.1 Å². The predicted molar refractivity (Wildman–Crippen MR) is 41.6 cm³/mol. The van der Waals surface area contributed by atoms with Crippen LogP contribution in [0.2, 0.25) is 0 Å². The molecular formula is C8H17NO. The zero-order valence-corrected chi connectivity index (χ0v) is 6.97. The summed E-state index contributed by atoms with van der Waals surface area (Å²) in [5.74, 6) is 0. The molecule has 0 saturated heterocycles. The van der Waals surface area contributed by atoms with Crippen LogP contribution in [0.4, 0.5) is 0 Å². The molecule has 0 aliphatic heterocycles. The molecular weight excluding hydrogens is 126 g/mol. The van der Waals surface area contributed by atoms with Crippen molar-refractivity contribution in [1.82, 2.24) is 5.06 Å². The van der Waals surface area contributed by atoms with Crippen molar-refractivity contribution < 1.29 is 4.84 Å². The maximum absolute atomic E-state index is 5.59. The molecule has 1 saturated carbocycles. The fourth-order valence-corrected chi connectivity index (χ4v) is 1.32. The van der Waals surface area contributed by atoms with Crippen LogP contribution in [-0.4, -0.2) is 24.8 Å². The molecule has 1 aliphatic rings. The summed E-state index contributed by atoms with van der Waals surface area (Å²) >= 11 is 0. The Morgan fingerprint density at radius 2 is 2.00 bits per heavy atom. The predicted octanol–water partition coefficient (Wildman–Crippen LogP) is 1.81. The summed E-state index contributed by atoms with van der Waals surface area (Å²) < 4.78 is 0. The second-order valence-electron chi connectivity index (χ2n) is 2.96. The zero-order valence-electron chi connectivity index (χ0n) is 6.97. The van der Waals surface area contributed by atoms with Crippen LogP contribution < -0.4 is 0 Å². The van der Waals surface area contributed by atoms with Gasteiger partial charge >= 0.3 is 0 Å². The van der Waals surface area contributed by atoms with Crippen molar-refractivity contribution in [2.45, 2.75) is 38.7 Å². The highest BCUT2D eigenvalue weighted by atomic mass is 16.7. The number of hydroxylamine groups is 2. The number of rotatable bonds is 3. The lowest BCUT2D eigenvalue weighted by Crippen LogP contribution is -2.24. The number of nitrogens with zero attached hydrogens (tertiary/aromatic N) is 1. The second-order valence-corrected chi connectivity index (χ2v) is 2.96. The van der Waals surface area contributed by atoms with Crippen molar-refractivity contribution in [2.75, 3.05) is 13.6 Å². The smallest absolute Gasteiger partial charge is 0.0793 e. The van der Waals surface area contributed by atoms with E-state index in [-0.39, 0.29) is 0 Å². The highest BCUT2D eigenvalue weighted by Crippen LogP contribution is 2.21. The molecule has 0 heterocycles. The van der Waals surface area contributed by atoms with E-state index in [1.807, 2.05) is 12.1 Å². The third-order valence-corrected chi connectivity index (χ3v) is 2.08. The van der Waals surface area contributed by atoms with Crippen LogP contribution in [0.1, 0.15) is 32.6 Å². The topological polar surface area (TPSA) is 12.5 Å². The van der Waals surface area contributed by atoms with Gasteiger partial charge in [-0.25, -0.2) is 0 Å². The van der Waals surface area contributed by atoms with Gasteiger partial charge in [-0.2, -0.15) is 5.06 Å². The van der Waals surface area contributed by atoms with Gasteiger partial charge in [-0.15, -0.1) is 0 Å². The van der Waals surface area contributed by atoms with Crippen molar-refractivity contribution in [2.24, 2.45) is 0 Å². The average molecular weight is 143 g/mol. The van der Waals surface area contributed by atoms with Crippen LogP contribution in [0, 0.1) is 0 Å². The largest absolute Gasteiger partial charge is 0.296 e. The van der Waals surface area contributed by atoms with Gasteiger partial charge in [0.2, 0.25) is 0 Å². The van der Waals surface area contributed by atoms with Gasteiger partial charge < -0.3 is 0 Å². The van der Waals surface area contributed by atoms with E-state index in [4.69, 9.17) is 4.84 Å². The molecule has 0 amide bonds. The molecule has 0 aromatic heterocycles. The normalized spacial score (nSPS) is 20.7. The first-order valence-electron chi connectivity index (χ1n) is 4.21. The standard InChI is InChI=1S/C8H17NO/c1-3-9(2)10-8-6-4-5-7-8/h8H,3-7H2,1-2H3. The molecule has 2 nitrogen and oxygen atoms in total. The third kappa shape index (κ3) is 2.27. The molecule has 60 valence electrons. The van der Waals surface area contributed by atoms with Crippen LogP contribution in [0.3, 0.4) is 0 Å². The molecule has 1 aliphatic carbocycles. The molecule has 1 fully saturated rings.